The molecule has 0 unspecified atom stereocenters. The first-order chi connectivity index (χ1) is 29.4. The van der Waals surface area contributed by atoms with Crippen molar-refractivity contribution in [1.29, 1.82) is 0 Å². The number of rotatable bonds is 10. The van der Waals surface area contributed by atoms with Crippen molar-refractivity contribution in [2.24, 2.45) is 0 Å². The van der Waals surface area contributed by atoms with Gasteiger partial charge in [-0.2, -0.15) is 0 Å². The Bertz CT molecular complexity index is 2640. The molecule has 0 spiro atoms. The second-order valence-electron chi connectivity index (χ2n) is 15.7. The third-order valence-corrected chi connectivity index (χ3v) is 11.8. The summed E-state index contributed by atoms with van der Waals surface area (Å²) in [6, 6.07) is 79.1. The van der Waals surface area contributed by atoms with Crippen LogP contribution < -0.4 is 9.80 Å². The van der Waals surface area contributed by atoms with Gasteiger partial charge in [0.1, 0.15) is 0 Å². The number of hydrogen-bond acceptors (Lipinski definition) is 2. The van der Waals surface area contributed by atoms with E-state index >= 15 is 0 Å². The lowest BCUT2D eigenvalue weighted by Crippen LogP contribution is -2.10. The Morgan fingerprint density at radius 2 is 0.417 bits per heavy atom. The van der Waals surface area contributed by atoms with Crippen molar-refractivity contribution in [1.82, 2.24) is 0 Å². The molecule has 0 fully saturated rings. The van der Waals surface area contributed by atoms with Crippen LogP contribution in [0.2, 0.25) is 0 Å². The van der Waals surface area contributed by atoms with E-state index in [9.17, 15) is 0 Å². The molecule has 0 aromatic heterocycles. The summed E-state index contributed by atoms with van der Waals surface area (Å²) < 4.78 is 0. The fourth-order valence-corrected chi connectivity index (χ4v) is 7.95. The van der Waals surface area contributed by atoms with E-state index in [1.54, 1.807) is 0 Å². The van der Waals surface area contributed by atoms with Gasteiger partial charge in [0.25, 0.3) is 0 Å². The molecule has 0 radical (unpaired) electrons. The molecule has 9 aromatic carbocycles. The lowest BCUT2D eigenvalue weighted by atomic mass is 9.99. The lowest BCUT2D eigenvalue weighted by Gasteiger charge is -2.26. The van der Waals surface area contributed by atoms with Crippen LogP contribution in [-0.2, 0) is 0 Å². The Labute approximate surface area is 355 Å². The van der Waals surface area contributed by atoms with E-state index < -0.39 is 0 Å². The summed E-state index contributed by atoms with van der Waals surface area (Å²) in [5, 5.41) is 0. The van der Waals surface area contributed by atoms with Gasteiger partial charge >= 0.3 is 0 Å². The van der Waals surface area contributed by atoms with Gasteiger partial charge in [-0.25, -0.2) is 0 Å². The van der Waals surface area contributed by atoms with E-state index in [1.807, 2.05) is 0 Å². The van der Waals surface area contributed by atoms with Crippen LogP contribution in [0.1, 0.15) is 22.3 Å². The molecule has 9 rings (SSSR count). The average molecular weight is 773 g/mol. The molecule has 60 heavy (non-hydrogen) atoms. The van der Waals surface area contributed by atoms with Crippen LogP contribution in [0.15, 0.2) is 218 Å². The van der Waals surface area contributed by atoms with Gasteiger partial charge in [-0.05, 0) is 167 Å². The summed E-state index contributed by atoms with van der Waals surface area (Å²) in [6.07, 6.45) is 0. The summed E-state index contributed by atoms with van der Waals surface area (Å²) in [5.41, 5.74) is 21.5. The predicted octanol–water partition coefficient (Wildman–Crippen LogP) is 16.5. The molecule has 0 aliphatic rings. The van der Waals surface area contributed by atoms with Crippen molar-refractivity contribution >= 4 is 34.1 Å². The van der Waals surface area contributed by atoms with Crippen molar-refractivity contribution in [3.8, 4) is 44.5 Å². The standard InChI is InChI=1S/C58H48N2/c1-41-15-29-57(39-43(41)3)59(53-31-21-49(22-32-53)45-11-7-5-8-12-45)55-35-25-51(26-36-55)47-17-19-48(20-18-47)52-27-37-56(38-28-52)60(58-30-16-42(2)44(4)40-58)54-33-23-50(24-34-54)46-13-9-6-10-14-46/h5-40H,1-4H3. The van der Waals surface area contributed by atoms with E-state index in [-0.39, 0.29) is 0 Å². The normalized spacial score (nSPS) is 11.0. The highest BCUT2D eigenvalue weighted by molar-refractivity contribution is 5.82. The van der Waals surface area contributed by atoms with E-state index in [0.717, 1.165) is 34.1 Å². The maximum Gasteiger partial charge on any atom is 0.0464 e. The molecule has 2 heteroatoms. The fourth-order valence-electron chi connectivity index (χ4n) is 7.95. The summed E-state index contributed by atoms with van der Waals surface area (Å²) in [7, 11) is 0. The molecule has 0 amide bonds. The maximum absolute atomic E-state index is 2.35. The van der Waals surface area contributed by atoms with E-state index in [4.69, 9.17) is 0 Å². The highest BCUT2D eigenvalue weighted by Crippen LogP contribution is 2.40. The van der Waals surface area contributed by atoms with Gasteiger partial charge < -0.3 is 9.80 Å². The highest BCUT2D eigenvalue weighted by atomic mass is 15.1. The Kier molecular flexibility index (Phi) is 10.7. The molecule has 0 aliphatic heterocycles. The molecule has 290 valence electrons. The number of aryl methyl sites for hydroxylation is 4. The second kappa shape index (κ2) is 16.8. The summed E-state index contributed by atoms with van der Waals surface area (Å²) in [4.78, 5) is 4.69. The minimum Gasteiger partial charge on any atom is -0.310 e. The highest BCUT2D eigenvalue weighted by Gasteiger charge is 2.16. The Balaban J connectivity index is 0.967. The van der Waals surface area contributed by atoms with Crippen molar-refractivity contribution < 1.29 is 0 Å². The second-order valence-corrected chi connectivity index (χ2v) is 15.7. The lowest BCUT2D eigenvalue weighted by molar-refractivity contribution is 1.25. The molecule has 0 N–H and O–H groups in total. The van der Waals surface area contributed by atoms with Crippen LogP contribution in [0.25, 0.3) is 44.5 Å². The van der Waals surface area contributed by atoms with Crippen molar-refractivity contribution in [2.45, 2.75) is 27.7 Å². The first-order valence-corrected chi connectivity index (χ1v) is 20.7. The van der Waals surface area contributed by atoms with Crippen LogP contribution in [0, 0.1) is 27.7 Å². The Morgan fingerprint density at radius 3 is 0.667 bits per heavy atom. The van der Waals surface area contributed by atoms with E-state index in [0.29, 0.717) is 0 Å². The molecule has 0 saturated heterocycles. The third kappa shape index (κ3) is 8.01. The van der Waals surface area contributed by atoms with Crippen LogP contribution >= 0.6 is 0 Å². The molecule has 0 atom stereocenters. The van der Waals surface area contributed by atoms with E-state index in [2.05, 4.69) is 256 Å². The fraction of sp³-hybridized carbons (Fsp3) is 0.0690. The average Bonchev–Trinajstić information content (AvgIpc) is 3.30. The van der Waals surface area contributed by atoms with Crippen LogP contribution in [0.4, 0.5) is 34.1 Å². The predicted molar refractivity (Wildman–Crippen MR) is 256 cm³/mol. The Morgan fingerprint density at radius 1 is 0.200 bits per heavy atom. The topological polar surface area (TPSA) is 6.48 Å². The van der Waals surface area contributed by atoms with Crippen LogP contribution in [0.5, 0.6) is 0 Å². The number of nitrogens with zero attached hydrogens (tertiary/aromatic N) is 2. The zero-order valence-corrected chi connectivity index (χ0v) is 34.7. The van der Waals surface area contributed by atoms with Gasteiger partial charge in [-0.15, -0.1) is 0 Å². The summed E-state index contributed by atoms with van der Waals surface area (Å²) >= 11 is 0. The van der Waals surface area contributed by atoms with Crippen molar-refractivity contribution in [3.05, 3.63) is 241 Å². The number of benzene rings is 9. The molecular weight excluding hydrogens is 725 g/mol. The smallest absolute Gasteiger partial charge is 0.0464 e. The van der Waals surface area contributed by atoms with Gasteiger partial charge in [0.05, 0.1) is 0 Å². The first kappa shape index (κ1) is 38.1. The quantitative estimate of drug-likeness (QED) is 0.137. The molecule has 0 saturated carbocycles. The summed E-state index contributed by atoms with van der Waals surface area (Å²) in [5.74, 6) is 0. The number of hydrogen-bond donors (Lipinski definition) is 0. The molecule has 0 aliphatic carbocycles. The number of anilines is 6. The van der Waals surface area contributed by atoms with Gasteiger partial charge in [0, 0.05) is 34.1 Å². The molecular formula is C58H48N2. The monoisotopic (exact) mass is 772 g/mol. The largest absolute Gasteiger partial charge is 0.310 e. The van der Waals surface area contributed by atoms with Crippen molar-refractivity contribution in [2.75, 3.05) is 9.80 Å². The summed E-state index contributed by atoms with van der Waals surface area (Å²) in [6.45, 7) is 8.70. The molecule has 9 aromatic rings. The van der Waals surface area contributed by atoms with Gasteiger partial charge in [0.2, 0.25) is 0 Å². The first-order valence-electron chi connectivity index (χ1n) is 20.7. The van der Waals surface area contributed by atoms with E-state index in [1.165, 1.54) is 66.8 Å². The molecule has 0 heterocycles. The van der Waals surface area contributed by atoms with Gasteiger partial charge in [-0.3, -0.25) is 0 Å². The minimum absolute atomic E-state index is 1.12. The zero-order valence-electron chi connectivity index (χ0n) is 34.7. The molecule has 0 bridgehead atoms. The SMILES string of the molecule is Cc1ccc(N(c2ccc(-c3ccccc3)cc2)c2ccc(-c3ccc(-c4ccc(N(c5ccc(-c6ccccc6)cc5)c5ccc(C)c(C)c5)cc4)cc3)cc2)cc1C. The van der Waals surface area contributed by atoms with Crippen LogP contribution in [-0.4, -0.2) is 0 Å². The van der Waals surface area contributed by atoms with Gasteiger partial charge in [-0.1, -0.05) is 146 Å². The maximum atomic E-state index is 2.35. The van der Waals surface area contributed by atoms with Crippen molar-refractivity contribution in [3.63, 3.8) is 0 Å². The van der Waals surface area contributed by atoms with Crippen LogP contribution in [0.3, 0.4) is 0 Å². The minimum atomic E-state index is 1.12. The Hall–Kier alpha value is -7.42. The third-order valence-electron chi connectivity index (χ3n) is 11.8. The zero-order chi connectivity index (χ0) is 41.0. The molecule has 2 nitrogen and oxygen atoms in total. The van der Waals surface area contributed by atoms with Gasteiger partial charge in [0.15, 0.2) is 0 Å².